The molecule has 0 unspecified atom stereocenters. The average molecular weight is 315 g/mol. The van der Waals surface area contributed by atoms with Gasteiger partial charge in [-0.3, -0.25) is 0 Å². The van der Waals surface area contributed by atoms with Gasteiger partial charge in [0.15, 0.2) is 5.82 Å². The normalized spacial score (nSPS) is 10.2. The molecule has 20 heavy (non-hydrogen) atoms. The highest BCUT2D eigenvalue weighted by Crippen LogP contribution is 2.37. The van der Waals surface area contributed by atoms with E-state index in [9.17, 15) is 0 Å². The fraction of sp³-hybridized carbons (Fsp3) is 0.167. The number of nitrogens with two attached hydrogens (primary N) is 1. The summed E-state index contributed by atoms with van der Waals surface area (Å²) in [6.07, 6.45) is 1.41. The van der Waals surface area contributed by atoms with Crippen LogP contribution in [0.3, 0.4) is 0 Å². The van der Waals surface area contributed by atoms with Crippen LogP contribution in [-0.4, -0.2) is 24.2 Å². The number of nitrogens with zero attached hydrogens (tertiary/aromatic N) is 2. The Kier molecular flexibility index (Phi) is 4.36. The van der Waals surface area contributed by atoms with Crippen LogP contribution in [0.25, 0.3) is 0 Å². The van der Waals surface area contributed by atoms with Gasteiger partial charge in [-0.2, -0.15) is 4.98 Å². The van der Waals surface area contributed by atoms with Gasteiger partial charge in [0.2, 0.25) is 5.95 Å². The Labute approximate surface area is 125 Å². The number of benzene rings is 1. The Balaban J connectivity index is 2.42. The molecule has 8 heteroatoms. The predicted octanol–water partition coefficient (Wildman–Crippen LogP) is 3.13. The number of nitrogen functional groups attached to an aromatic ring is 1. The molecule has 1 aromatic carbocycles. The van der Waals surface area contributed by atoms with Crippen molar-refractivity contribution in [1.29, 1.82) is 0 Å². The highest BCUT2D eigenvalue weighted by molar-refractivity contribution is 6.33. The number of hydrogen-bond donors (Lipinski definition) is 2. The molecule has 0 atom stereocenters. The predicted molar refractivity (Wildman–Crippen MR) is 79.3 cm³/mol. The molecule has 3 N–H and O–H groups in total. The lowest BCUT2D eigenvalue weighted by atomic mass is 10.2. The number of hydrogen-bond acceptors (Lipinski definition) is 6. The van der Waals surface area contributed by atoms with Crippen LogP contribution in [0.5, 0.6) is 11.5 Å². The minimum Gasteiger partial charge on any atom is -0.495 e. The first kappa shape index (κ1) is 14.5. The van der Waals surface area contributed by atoms with E-state index in [0.29, 0.717) is 33.0 Å². The molecule has 0 fully saturated rings. The molecule has 6 nitrogen and oxygen atoms in total. The first-order valence-electron chi connectivity index (χ1n) is 5.51. The van der Waals surface area contributed by atoms with Crippen LogP contribution in [-0.2, 0) is 0 Å². The van der Waals surface area contributed by atoms with E-state index in [2.05, 4.69) is 15.3 Å². The van der Waals surface area contributed by atoms with Crippen LogP contribution >= 0.6 is 23.2 Å². The number of rotatable bonds is 4. The first-order valence-corrected chi connectivity index (χ1v) is 6.27. The molecular formula is C12H12Cl2N4O2. The van der Waals surface area contributed by atoms with Gasteiger partial charge in [-0.15, -0.1) is 0 Å². The third-order valence-electron chi connectivity index (χ3n) is 2.49. The van der Waals surface area contributed by atoms with Crippen LogP contribution in [0.4, 0.5) is 17.5 Å². The Morgan fingerprint density at radius 3 is 2.45 bits per heavy atom. The third kappa shape index (κ3) is 2.97. The van der Waals surface area contributed by atoms with Crippen molar-refractivity contribution in [2.24, 2.45) is 0 Å². The van der Waals surface area contributed by atoms with E-state index < -0.39 is 0 Å². The van der Waals surface area contributed by atoms with Crippen molar-refractivity contribution in [3.8, 4) is 11.5 Å². The van der Waals surface area contributed by atoms with Gasteiger partial charge in [-0.1, -0.05) is 23.2 Å². The quantitative estimate of drug-likeness (QED) is 0.902. The molecule has 0 saturated heterocycles. The highest BCUT2D eigenvalue weighted by Gasteiger charge is 2.12. The molecule has 2 rings (SSSR count). The monoisotopic (exact) mass is 314 g/mol. The average Bonchev–Trinajstić information content (AvgIpc) is 2.43. The summed E-state index contributed by atoms with van der Waals surface area (Å²) in [5.41, 5.74) is 6.11. The van der Waals surface area contributed by atoms with E-state index in [1.807, 2.05) is 0 Å². The molecule has 0 saturated carbocycles. The van der Waals surface area contributed by atoms with Crippen LogP contribution in [0, 0.1) is 0 Å². The third-order valence-corrected chi connectivity index (χ3v) is 3.06. The van der Waals surface area contributed by atoms with Crippen LogP contribution in [0.15, 0.2) is 18.3 Å². The minimum atomic E-state index is 0.107. The molecule has 0 amide bonds. The Morgan fingerprint density at radius 2 is 1.80 bits per heavy atom. The van der Waals surface area contributed by atoms with E-state index in [1.165, 1.54) is 20.4 Å². The molecule has 0 bridgehead atoms. The van der Waals surface area contributed by atoms with Crippen LogP contribution < -0.4 is 20.5 Å². The second-order valence-corrected chi connectivity index (χ2v) is 4.55. The standard InChI is InChI=1S/C12H12Cl2N4O2/c1-19-9-4-10(20-2)8(3-6(9)13)17-11-7(14)5-16-12(15)18-11/h3-5H,1-2H3,(H3,15,16,17,18). The molecule has 0 radical (unpaired) electrons. The lowest BCUT2D eigenvalue weighted by Gasteiger charge is -2.14. The summed E-state index contributed by atoms with van der Waals surface area (Å²) in [7, 11) is 3.06. The van der Waals surface area contributed by atoms with Gasteiger partial charge >= 0.3 is 0 Å². The van der Waals surface area contributed by atoms with Gasteiger partial charge in [0.05, 0.1) is 31.1 Å². The topological polar surface area (TPSA) is 82.3 Å². The summed E-state index contributed by atoms with van der Waals surface area (Å²) in [4.78, 5) is 7.80. The lowest BCUT2D eigenvalue weighted by Crippen LogP contribution is -2.02. The van der Waals surface area contributed by atoms with E-state index in [0.717, 1.165) is 0 Å². The molecule has 0 aliphatic carbocycles. The number of nitrogens with one attached hydrogen (secondary N) is 1. The van der Waals surface area contributed by atoms with Gasteiger partial charge < -0.3 is 20.5 Å². The smallest absolute Gasteiger partial charge is 0.222 e. The molecule has 106 valence electrons. The Bertz CT molecular complexity index is 637. The number of methoxy groups -OCH3 is 2. The molecule has 1 aromatic heterocycles. The number of anilines is 3. The number of halogens is 2. The van der Waals surface area contributed by atoms with Gasteiger partial charge in [0.25, 0.3) is 0 Å². The van der Waals surface area contributed by atoms with Crippen LogP contribution in [0.1, 0.15) is 0 Å². The summed E-state index contributed by atoms with van der Waals surface area (Å²) < 4.78 is 10.4. The highest BCUT2D eigenvalue weighted by atomic mass is 35.5. The van der Waals surface area contributed by atoms with Gasteiger partial charge in [0.1, 0.15) is 16.5 Å². The zero-order valence-corrected chi connectivity index (χ0v) is 12.3. The lowest BCUT2D eigenvalue weighted by molar-refractivity contribution is 0.396. The zero-order chi connectivity index (χ0) is 14.7. The summed E-state index contributed by atoms with van der Waals surface area (Å²) >= 11 is 12.1. The van der Waals surface area contributed by atoms with Crippen LogP contribution in [0.2, 0.25) is 10.0 Å². The molecule has 0 aliphatic rings. The van der Waals surface area contributed by atoms with Crippen molar-refractivity contribution in [1.82, 2.24) is 9.97 Å². The van der Waals surface area contributed by atoms with Crippen molar-refractivity contribution in [2.75, 3.05) is 25.3 Å². The van der Waals surface area contributed by atoms with Crippen molar-refractivity contribution >= 4 is 40.7 Å². The van der Waals surface area contributed by atoms with Gasteiger partial charge in [0, 0.05) is 6.07 Å². The SMILES string of the molecule is COc1cc(OC)c(Nc2nc(N)ncc2Cl)cc1Cl. The van der Waals surface area contributed by atoms with Crippen molar-refractivity contribution < 1.29 is 9.47 Å². The summed E-state index contributed by atoms with van der Waals surface area (Å²) in [6.45, 7) is 0. The number of ether oxygens (including phenoxy) is 2. The van der Waals surface area contributed by atoms with E-state index in [4.69, 9.17) is 38.4 Å². The van der Waals surface area contributed by atoms with E-state index in [-0.39, 0.29) is 5.95 Å². The minimum absolute atomic E-state index is 0.107. The maximum absolute atomic E-state index is 6.08. The maximum atomic E-state index is 6.08. The summed E-state index contributed by atoms with van der Waals surface area (Å²) in [5.74, 6) is 1.50. The zero-order valence-electron chi connectivity index (χ0n) is 10.8. The second-order valence-electron chi connectivity index (χ2n) is 3.74. The van der Waals surface area contributed by atoms with E-state index in [1.54, 1.807) is 12.1 Å². The molecule has 1 heterocycles. The fourth-order valence-electron chi connectivity index (χ4n) is 1.55. The maximum Gasteiger partial charge on any atom is 0.222 e. The van der Waals surface area contributed by atoms with Crippen molar-refractivity contribution in [3.05, 3.63) is 28.4 Å². The van der Waals surface area contributed by atoms with Gasteiger partial charge in [-0.25, -0.2) is 4.98 Å². The summed E-state index contributed by atoms with van der Waals surface area (Å²) in [5, 5.41) is 3.75. The molecule has 0 spiro atoms. The Morgan fingerprint density at radius 1 is 1.10 bits per heavy atom. The summed E-state index contributed by atoms with van der Waals surface area (Å²) in [6, 6.07) is 3.30. The number of aromatic nitrogens is 2. The Hall–Kier alpha value is -1.92. The first-order chi connectivity index (χ1) is 9.55. The second kappa shape index (κ2) is 6.02. The van der Waals surface area contributed by atoms with Crippen molar-refractivity contribution in [2.45, 2.75) is 0 Å². The van der Waals surface area contributed by atoms with Crippen molar-refractivity contribution in [3.63, 3.8) is 0 Å². The fourth-order valence-corrected chi connectivity index (χ4v) is 1.93. The largest absolute Gasteiger partial charge is 0.495 e. The molecule has 0 aliphatic heterocycles. The molecular weight excluding hydrogens is 303 g/mol. The van der Waals surface area contributed by atoms with Gasteiger partial charge in [-0.05, 0) is 6.07 Å². The molecule has 2 aromatic rings. The van der Waals surface area contributed by atoms with E-state index >= 15 is 0 Å².